The Hall–Kier alpha value is -3.71. The average molecular weight is 404 g/mol. The molecule has 0 rings (SSSR count). The summed E-state index contributed by atoms with van der Waals surface area (Å²) in [4.78, 5) is 80.0. The van der Waals surface area contributed by atoms with Crippen molar-refractivity contribution in [1.82, 2.24) is 14.7 Å². The van der Waals surface area contributed by atoms with Gasteiger partial charge in [-0.1, -0.05) is 0 Å². The summed E-state index contributed by atoms with van der Waals surface area (Å²) in [5.74, 6) is -9.42. The van der Waals surface area contributed by atoms with Crippen molar-refractivity contribution < 1.29 is 54.0 Å². The first-order valence-corrected chi connectivity index (χ1v) is 7.37. The molecular formula is C14H18N3O11. The fourth-order valence-electron chi connectivity index (χ4n) is 1.88. The van der Waals surface area contributed by atoms with E-state index in [-0.39, 0.29) is 0 Å². The smallest absolute Gasteiger partial charge is 0.323 e. The fourth-order valence-corrected chi connectivity index (χ4v) is 1.88. The molecule has 0 aromatic rings. The van der Waals surface area contributed by atoms with E-state index in [0.717, 1.165) is 0 Å². The van der Waals surface area contributed by atoms with Crippen molar-refractivity contribution in [2.75, 3.05) is 39.3 Å². The minimum atomic E-state index is -1.52. The lowest BCUT2D eigenvalue weighted by Gasteiger charge is -2.26. The number of nitrogens with zero attached hydrogens (tertiary/aromatic N) is 3. The van der Waals surface area contributed by atoms with Gasteiger partial charge in [-0.05, 0) is 0 Å². The molecule has 0 aliphatic heterocycles. The summed E-state index contributed by atoms with van der Waals surface area (Å²) in [7, 11) is 0. The molecule has 0 aliphatic carbocycles. The number of carbonyl (C=O) groups excluding carboxylic acids is 3. The molecule has 0 atom stereocenters. The van der Waals surface area contributed by atoms with Crippen LogP contribution in [0.4, 0.5) is 0 Å². The first-order valence-electron chi connectivity index (χ1n) is 7.37. The molecule has 0 saturated carbocycles. The highest BCUT2D eigenvalue weighted by Gasteiger charge is 2.27. The van der Waals surface area contributed by atoms with E-state index < -0.39 is 80.9 Å². The second kappa shape index (κ2) is 11.1. The lowest BCUT2D eigenvalue weighted by Crippen LogP contribution is -2.50. The molecule has 14 heteroatoms. The van der Waals surface area contributed by atoms with Crippen molar-refractivity contribution >= 4 is 41.6 Å². The molecule has 0 saturated heterocycles. The Bertz CT molecular complexity index is 593. The predicted molar refractivity (Wildman–Crippen MR) is 85.6 cm³/mol. The van der Waals surface area contributed by atoms with Crippen LogP contribution in [-0.2, 0) is 33.6 Å². The Kier molecular flexibility index (Phi) is 9.63. The molecule has 28 heavy (non-hydrogen) atoms. The van der Waals surface area contributed by atoms with E-state index in [2.05, 4.69) is 6.92 Å². The predicted octanol–water partition coefficient (Wildman–Crippen LogP) is -3.36. The molecule has 0 fully saturated rings. The van der Waals surface area contributed by atoms with E-state index in [1.165, 1.54) is 0 Å². The molecule has 0 unspecified atom stereocenters. The number of hydrogen-bond acceptors (Lipinski definition) is 7. The molecule has 0 aromatic heterocycles. The number of aliphatic carboxylic acids is 4. The second-order valence-electron chi connectivity index (χ2n) is 5.32. The van der Waals surface area contributed by atoms with Gasteiger partial charge in [0.1, 0.15) is 39.3 Å². The molecule has 0 aliphatic rings. The summed E-state index contributed by atoms with van der Waals surface area (Å²) in [5, 5.41) is 34.9. The monoisotopic (exact) mass is 404 g/mol. The highest BCUT2D eigenvalue weighted by molar-refractivity contribution is 5.93. The normalized spacial score (nSPS) is 9.89. The van der Waals surface area contributed by atoms with Gasteiger partial charge >= 0.3 is 23.9 Å². The molecule has 155 valence electrons. The van der Waals surface area contributed by atoms with Crippen molar-refractivity contribution in [2.24, 2.45) is 0 Å². The summed E-state index contributed by atoms with van der Waals surface area (Å²) < 4.78 is 0. The van der Waals surface area contributed by atoms with E-state index in [4.69, 9.17) is 20.4 Å². The first kappa shape index (κ1) is 24.3. The number of rotatable bonds is 12. The average Bonchev–Trinajstić information content (AvgIpc) is 2.50. The Balaban J connectivity index is 5.29. The summed E-state index contributed by atoms with van der Waals surface area (Å²) in [6.07, 6.45) is 0. The van der Waals surface area contributed by atoms with Crippen LogP contribution < -0.4 is 0 Å². The fraction of sp³-hybridized carbons (Fsp3) is 0.429. The van der Waals surface area contributed by atoms with E-state index in [9.17, 15) is 33.6 Å². The van der Waals surface area contributed by atoms with Crippen LogP contribution in [0.25, 0.3) is 0 Å². The summed E-state index contributed by atoms with van der Waals surface area (Å²) >= 11 is 0. The zero-order valence-electron chi connectivity index (χ0n) is 14.4. The van der Waals surface area contributed by atoms with Gasteiger partial charge in [0.15, 0.2) is 0 Å². The van der Waals surface area contributed by atoms with Crippen LogP contribution in [0, 0.1) is 6.92 Å². The SMILES string of the molecule is [CH2]C(=O)N(CC(=O)N(CC(=O)O)CC(=O)O)CC(=O)N(CC(=O)O)CC(=O)O. The summed E-state index contributed by atoms with van der Waals surface area (Å²) in [6.45, 7) is -2.80. The lowest BCUT2D eigenvalue weighted by molar-refractivity contribution is -0.152. The maximum atomic E-state index is 12.1. The number of carboxylic acid groups (broad SMARTS) is 4. The van der Waals surface area contributed by atoms with E-state index in [1.807, 2.05) is 0 Å². The molecule has 0 aromatic carbocycles. The van der Waals surface area contributed by atoms with E-state index in [1.54, 1.807) is 0 Å². The maximum Gasteiger partial charge on any atom is 0.323 e. The van der Waals surface area contributed by atoms with Crippen LogP contribution in [0.3, 0.4) is 0 Å². The van der Waals surface area contributed by atoms with Gasteiger partial charge in [0.05, 0.1) is 0 Å². The zero-order chi connectivity index (χ0) is 22.0. The van der Waals surface area contributed by atoms with E-state index in [0.29, 0.717) is 14.7 Å². The van der Waals surface area contributed by atoms with Crippen molar-refractivity contribution in [3.05, 3.63) is 6.92 Å². The van der Waals surface area contributed by atoms with Gasteiger partial charge in [-0.3, -0.25) is 33.6 Å². The number of hydrogen-bond donors (Lipinski definition) is 4. The van der Waals surface area contributed by atoms with Crippen molar-refractivity contribution in [2.45, 2.75) is 0 Å². The quantitative estimate of drug-likeness (QED) is 0.252. The number of carboxylic acids is 4. The molecular weight excluding hydrogens is 386 g/mol. The van der Waals surface area contributed by atoms with E-state index >= 15 is 0 Å². The van der Waals surface area contributed by atoms with Crippen LogP contribution in [0.15, 0.2) is 0 Å². The summed E-state index contributed by atoms with van der Waals surface area (Å²) in [5.41, 5.74) is 0. The van der Waals surface area contributed by atoms with Crippen molar-refractivity contribution in [1.29, 1.82) is 0 Å². The highest BCUT2D eigenvalue weighted by Crippen LogP contribution is 2.00. The van der Waals surface area contributed by atoms with Gasteiger partial charge in [-0.2, -0.15) is 0 Å². The maximum absolute atomic E-state index is 12.1. The van der Waals surface area contributed by atoms with Gasteiger partial charge in [0.2, 0.25) is 17.7 Å². The standard InChI is InChI=1S/C14H18N3O11/c1-8(18)15(2-9(19)16(4-11(21)22)5-12(23)24)3-10(20)17(6-13(25)26)7-14(27)28/h1-7H2,(H,21,22)(H,23,24)(H,25,26)(H,27,28). The Labute approximate surface area is 157 Å². The largest absolute Gasteiger partial charge is 0.480 e. The molecule has 1 radical (unpaired) electrons. The Morgan fingerprint density at radius 1 is 0.500 bits per heavy atom. The third kappa shape index (κ3) is 9.69. The zero-order valence-corrected chi connectivity index (χ0v) is 14.4. The topological polar surface area (TPSA) is 210 Å². The third-order valence-electron chi connectivity index (χ3n) is 3.01. The van der Waals surface area contributed by atoms with Gasteiger partial charge in [0.25, 0.3) is 0 Å². The van der Waals surface area contributed by atoms with Crippen LogP contribution in [0.1, 0.15) is 0 Å². The van der Waals surface area contributed by atoms with Gasteiger partial charge in [-0.15, -0.1) is 0 Å². The van der Waals surface area contributed by atoms with Crippen LogP contribution >= 0.6 is 0 Å². The molecule has 14 nitrogen and oxygen atoms in total. The molecule has 4 N–H and O–H groups in total. The summed E-state index contributed by atoms with van der Waals surface area (Å²) in [6, 6.07) is 0. The van der Waals surface area contributed by atoms with Gasteiger partial charge in [0, 0.05) is 6.92 Å². The molecule has 0 spiro atoms. The first-order chi connectivity index (χ1) is 12.8. The van der Waals surface area contributed by atoms with Crippen LogP contribution in [0.5, 0.6) is 0 Å². The molecule has 0 bridgehead atoms. The third-order valence-corrected chi connectivity index (χ3v) is 3.01. The number of carbonyl (C=O) groups is 7. The lowest BCUT2D eigenvalue weighted by atomic mass is 10.3. The minimum absolute atomic E-state index is 0.400. The minimum Gasteiger partial charge on any atom is -0.480 e. The van der Waals surface area contributed by atoms with Crippen molar-refractivity contribution in [3.63, 3.8) is 0 Å². The van der Waals surface area contributed by atoms with Crippen LogP contribution in [0.2, 0.25) is 0 Å². The van der Waals surface area contributed by atoms with Gasteiger partial charge < -0.3 is 35.1 Å². The van der Waals surface area contributed by atoms with Crippen LogP contribution in [-0.4, -0.2) is 116 Å². The highest BCUT2D eigenvalue weighted by atomic mass is 16.4. The molecule has 3 amide bonds. The Morgan fingerprint density at radius 3 is 0.929 bits per heavy atom. The second-order valence-corrected chi connectivity index (χ2v) is 5.32. The Morgan fingerprint density at radius 2 is 0.750 bits per heavy atom. The molecule has 0 heterocycles. The van der Waals surface area contributed by atoms with Crippen molar-refractivity contribution in [3.8, 4) is 0 Å². The number of amides is 3. The van der Waals surface area contributed by atoms with Gasteiger partial charge in [-0.25, -0.2) is 0 Å².